The fraction of sp³-hybridized carbons (Fsp3) is 0.867. The van der Waals surface area contributed by atoms with Crippen molar-refractivity contribution in [1.29, 1.82) is 0 Å². The molecule has 0 heterocycles. The summed E-state index contributed by atoms with van der Waals surface area (Å²) >= 11 is 0. The third kappa shape index (κ3) is 6.80. The molecule has 6 heteroatoms. The van der Waals surface area contributed by atoms with Crippen molar-refractivity contribution in [2.24, 2.45) is 5.92 Å². The number of amides is 1. The third-order valence-electron chi connectivity index (χ3n) is 3.61. The van der Waals surface area contributed by atoms with Gasteiger partial charge in [0.2, 0.25) is 0 Å². The zero-order valence-corrected chi connectivity index (χ0v) is 13.5. The van der Waals surface area contributed by atoms with Gasteiger partial charge >= 0.3 is 12.1 Å². The maximum absolute atomic E-state index is 11.8. The van der Waals surface area contributed by atoms with Gasteiger partial charge in [0.15, 0.2) is 0 Å². The molecule has 21 heavy (non-hydrogen) atoms. The van der Waals surface area contributed by atoms with Crippen LogP contribution in [0.4, 0.5) is 4.79 Å². The molecule has 1 saturated carbocycles. The maximum Gasteiger partial charge on any atom is 0.410 e. The predicted octanol–water partition coefficient (Wildman–Crippen LogP) is 2.09. The van der Waals surface area contributed by atoms with Crippen LogP contribution in [0.25, 0.3) is 0 Å². The van der Waals surface area contributed by atoms with E-state index in [0.29, 0.717) is 19.5 Å². The Hall–Kier alpha value is -1.30. The van der Waals surface area contributed by atoms with Crippen LogP contribution in [0.3, 0.4) is 0 Å². The average molecular weight is 300 g/mol. The third-order valence-corrected chi connectivity index (χ3v) is 3.61. The quantitative estimate of drug-likeness (QED) is 0.813. The minimum atomic E-state index is -0.702. The summed E-state index contributed by atoms with van der Waals surface area (Å²) in [5, 5.41) is 12.4. The van der Waals surface area contributed by atoms with E-state index in [0.717, 1.165) is 19.3 Å². The molecule has 2 atom stereocenters. The number of carbonyl (C=O) groups is 2. The van der Waals surface area contributed by atoms with Crippen LogP contribution in [0.15, 0.2) is 0 Å². The van der Waals surface area contributed by atoms with E-state index in [9.17, 15) is 9.59 Å². The zero-order chi connectivity index (χ0) is 16.0. The summed E-state index contributed by atoms with van der Waals surface area (Å²) in [5.41, 5.74) is -0.489. The van der Waals surface area contributed by atoms with Gasteiger partial charge in [-0.25, -0.2) is 4.79 Å². The first kappa shape index (κ1) is 17.8. The smallest absolute Gasteiger partial charge is 0.410 e. The van der Waals surface area contributed by atoms with Gasteiger partial charge in [0.05, 0.1) is 5.92 Å². The van der Waals surface area contributed by atoms with Crippen molar-refractivity contribution in [3.8, 4) is 0 Å². The minimum Gasteiger partial charge on any atom is -0.481 e. The number of carbonyl (C=O) groups excluding carboxylic acids is 1. The Kier molecular flexibility index (Phi) is 6.45. The first-order valence-electron chi connectivity index (χ1n) is 7.59. The summed E-state index contributed by atoms with van der Waals surface area (Å²) in [6.45, 7) is 6.71. The molecule has 0 spiro atoms. The minimum absolute atomic E-state index is 0.229. The van der Waals surface area contributed by atoms with E-state index in [2.05, 4.69) is 5.32 Å². The number of nitrogens with zero attached hydrogens (tertiary/aromatic N) is 1. The van der Waals surface area contributed by atoms with Gasteiger partial charge in [-0.3, -0.25) is 4.79 Å². The summed E-state index contributed by atoms with van der Waals surface area (Å²) in [5.74, 6) is -0.938. The molecule has 0 bridgehead atoms. The molecule has 1 aliphatic carbocycles. The van der Waals surface area contributed by atoms with Crippen molar-refractivity contribution in [3.63, 3.8) is 0 Å². The molecule has 1 fully saturated rings. The molecule has 0 aromatic heterocycles. The van der Waals surface area contributed by atoms with Gasteiger partial charge in [-0.15, -0.1) is 0 Å². The SMILES string of the molecule is CN(CCNC1CCCC(C(=O)O)C1)C(=O)OC(C)(C)C. The van der Waals surface area contributed by atoms with Crippen molar-refractivity contribution in [1.82, 2.24) is 10.2 Å². The highest BCUT2D eigenvalue weighted by Crippen LogP contribution is 2.24. The van der Waals surface area contributed by atoms with Crippen LogP contribution in [0, 0.1) is 5.92 Å². The first-order chi connectivity index (χ1) is 9.69. The Morgan fingerprint density at radius 2 is 2.00 bits per heavy atom. The lowest BCUT2D eigenvalue weighted by Crippen LogP contribution is -2.42. The average Bonchev–Trinajstić information content (AvgIpc) is 2.37. The van der Waals surface area contributed by atoms with Gasteiger partial charge in [0.25, 0.3) is 0 Å². The zero-order valence-electron chi connectivity index (χ0n) is 13.5. The lowest BCUT2D eigenvalue weighted by atomic mass is 9.86. The molecule has 1 amide bonds. The van der Waals surface area contributed by atoms with Crippen molar-refractivity contribution in [2.45, 2.75) is 58.1 Å². The van der Waals surface area contributed by atoms with Crippen molar-refractivity contribution >= 4 is 12.1 Å². The number of carboxylic acids is 1. The van der Waals surface area contributed by atoms with Crippen LogP contribution in [0.5, 0.6) is 0 Å². The maximum atomic E-state index is 11.8. The number of likely N-dealkylation sites (N-methyl/N-ethyl adjacent to an activating group) is 1. The van der Waals surface area contributed by atoms with Gasteiger partial charge in [0.1, 0.15) is 5.60 Å². The Morgan fingerprint density at radius 1 is 1.33 bits per heavy atom. The van der Waals surface area contributed by atoms with Crippen LogP contribution in [0.2, 0.25) is 0 Å². The summed E-state index contributed by atoms with van der Waals surface area (Å²) in [6.07, 6.45) is 3.05. The van der Waals surface area contributed by atoms with Crippen LogP contribution in [-0.4, -0.2) is 53.8 Å². The van der Waals surface area contributed by atoms with Crippen molar-refractivity contribution in [3.05, 3.63) is 0 Å². The Bertz CT molecular complexity index is 365. The number of ether oxygens (including phenoxy) is 1. The Balaban J connectivity index is 2.26. The number of hydrogen-bond donors (Lipinski definition) is 2. The molecule has 0 aromatic rings. The van der Waals surface area contributed by atoms with E-state index in [-0.39, 0.29) is 18.1 Å². The van der Waals surface area contributed by atoms with E-state index in [1.807, 2.05) is 20.8 Å². The molecule has 2 unspecified atom stereocenters. The van der Waals surface area contributed by atoms with Gasteiger partial charge in [-0.2, -0.15) is 0 Å². The van der Waals surface area contributed by atoms with Crippen molar-refractivity contribution in [2.75, 3.05) is 20.1 Å². The first-order valence-corrected chi connectivity index (χ1v) is 7.59. The predicted molar refractivity (Wildman–Crippen MR) is 80.2 cm³/mol. The van der Waals surface area contributed by atoms with Crippen molar-refractivity contribution < 1.29 is 19.4 Å². The molecule has 6 nitrogen and oxygen atoms in total. The van der Waals surface area contributed by atoms with Gasteiger partial charge in [-0.05, 0) is 40.0 Å². The second-order valence-corrected chi connectivity index (χ2v) is 6.75. The van der Waals surface area contributed by atoms with Crippen LogP contribution in [-0.2, 0) is 9.53 Å². The Morgan fingerprint density at radius 3 is 2.57 bits per heavy atom. The second kappa shape index (κ2) is 7.64. The molecule has 122 valence electrons. The lowest BCUT2D eigenvalue weighted by molar-refractivity contribution is -0.143. The van der Waals surface area contributed by atoms with E-state index < -0.39 is 11.6 Å². The normalized spacial score (nSPS) is 22.7. The topological polar surface area (TPSA) is 78.9 Å². The summed E-state index contributed by atoms with van der Waals surface area (Å²) in [4.78, 5) is 24.3. The highest BCUT2D eigenvalue weighted by Gasteiger charge is 2.26. The highest BCUT2D eigenvalue weighted by molar-refractivity contribution is 5.70. The molecule has 1 aliphatic rings. The van der Waals surface area contributed by atoms with Crippen LogP contribution >= 0.6 is 0 Å². The monoisotopic (exact) mass is 300 g/mol. The number of carboxylic acid groups (broad SMARTS) is 1. The molecule has 0 radical (unpaired) electrons. The second-order valence-electron chi connectivity index (χ2n) is 6.75. The fourth-order valence-corrected chi connectivity index (χ4v) is 2.47. The summed E-state index contributed by atoms with van der Waals surface area (Å²) in [7, 11) is 1.71. The van der Waals surface area contributed by atoms with Gasteiger partial charge in [-0.1, -0.05) is 6.42 Å². The number of nitrogens with one attached hydrogen (secondary N) is 1. The van der Waals surface area contributed by atoms with E-state index >= 15 is 0 Å². The lowest BCUT2D eigenvalue weighted by Gasteiger charge is -2.29. The molecule has 0 saturated heterocycles. The van der Waals surface area contributed by atoms with Crippen LogP contribution < -0.4 is 5.32 Å². The number of aliphatic carboxylic acids is 1. The number of hydrogen-bond acceptors (Lipinski definition) is 4. The summed E-state index contributed by atoms with van der Waals surface area (Å²) in [6, 6.07) is 0.229. The molecule has 2 N–H and O–H groups in total. The molecular formula is C15H28N2O4. The van der Waals surface area contributed by atoms with E-state index in [1.54, 1.807) is 7.05 Å². The Labute approximate surface area is 126 Å². The standard InChI is InChI=1S/C15H28N2O4/c1-15(2,3)21-14(20)17(4)9-8-16-12-7-5-6-11(10-12)13(18)19/h11-12,16H,5-10H2,1-4H3,(H,18,19). The van der Waals surface area contributed by atoms with Crippen LogP contribution in [0.1, 0.15) is 46.5 Å². The number of rotatable bonds is 5. The molecule has 0 aromatic carbocycles. The van der Waals surface area contributed by atoms with Gasteiger partial charge < -0.3 is 20.1 Å². The van der Waals surface area contributed by atoms with E-state index in [4.69, 9.17) is 9.84 Å². The molecular weight excluding hydrogens is 272 g/mol. The fourth-order valence-electron chi connectivity index (χ4n) is 2.47. The summed E-state index contributed by atoms with van der Waals surface area (Å²) < 4.78 is 5.27. The largest absolute Gasteiger partial charge is 0.481 e. The van der Waals surface area contributed by atoms with E-state index in [1.165, 1.54) is 4.90 Å². The molecule has 0 aliphatic heterocycles. The van der Waals surface area contributed by atoms with Gasteiger partial charge in [0, 0.05) is 26.2 Å². The molecule has 1 rings (SSSR count). The highest BCUT2D eigenvalue weighted by atomic mass is 16.6.